The average Bonchev–Trinajstić information content (AvgIpc) is 2.40. The third-order valence-electron chi connectivity index (χ3n) is 5.92. The molecule has 0 heterocycles. The standard InChI is InChI=1S/C10H11Cl/c11-10-7-3-1-2-4-5(3)9(10)8(4)6(2)7/h2-10H,1H2/t2-,3+,4-,5+,6+,7-,8+,9+,10+/m1/s1. The first kappa shape index (κ1) is 5.11. The molecule has 58 valence electrons. The molecule has 0 unspecified atom stereocenters. The number of rotatable bonds is 0. The summed E-state index contributed by atoms with van der Waals surface area (Å²) in [5.41, 5.74) is 0. The predicted octanol–water partition coefficient (Wildman–Crippen LogP) is 1.98. The fourth-order valence-electron chi connectivity index (χ4n) is 6.09. The topological polar surface area (TPSA) is 0 Å². The van der Waals surface area contributed by atoms with E-state index in [0.717, 1.165) is 35.5 Å². The molecule has 9 atom stereocenters. The van der Waals surface area contributed by atoms with E-state index in [1.54, 1.807) is 6.42 Å². The van der Waals surface area contributed by atoms with Gasteiger partial charge in [0.1, 0.15) is 0 Å². The van der Waals surface area contributed by atoms with Crippen molar-refractivity contribution in [2.45, 2.75) is 11.8 Å². The molecule has 11 heavy (non-hydrogen) atoms. The molecule has 6 aliphatic carbocycles. The van der Waals surface area contributed by atoms with Gasteiger partial charge in [0.25, 0.3) is 0 Å². The van der Waals surface area contributed by atoms with Crippen LogP contribution in [0.2, 0.25) is 0 Å². The number of hydrogen-bond acceptors (Lipinski definition) is 0. The monoisotopic (exact) mass is 166 g/mol. The van der Waals surface area contributed by atoms with Crippen molar-refractivity contribution in [2.75, 3.05) is 0 Å². The van der Waals surface area contributed by atoms with Crippen LogP contribution in [0.3, 0.4) is 0 Å². The first-order valence-corrected chi connectivity index (χ1v) is 5.47. The smallest absolute Gasteiger partial charge is 0.0403 e. The van der Waals surface area contributed by atoms with E-state index < -0.39 is 0 Å². The highest BCUT2D eigenvalue weighted by atomic mass is 35.5. The minimum Gasteiger partial charge on any atom is -0.122 e. The molecule has 6 fully saturated rings. The van der Waals surface area contributed by atoms with E-state index >= 15 is 0 Å². The van der Waals surface area contributed by atoms with Crippen LogP contribution in [0, 0.1) is 47.3 Å². The van der Waals surface area contributed by atoms with Crippen molar-refractivity contribution in [2.24, 2.45) is 47.3 Å². The van der Waals surface area contributed by atoms with Crippen molar-refractivity contribution in [3.05, 3.63) is 0 Å². The van der Waals surface area contributed by atoms with E-state index in [-0.39, 0.29) is 0 Å². The van der Waals surface area contributed by atoms with Gasteiger partial charge in [-0.1, -0.05) is 0 Å². The summed E-state index contributed by atoms with van der Waals surface area (Å²) in [5.74, 6) is 8.95. The Kier molecular flexibility index (Phi) is 0.516. The number of alkyl halides is 1. The molecule has 0 radical (unpaired) electrons. The highest BCUT2D eigenvalue weighted by molar-refractivity contribution is 6.21. The Bertz CT molecular complexity index is 264. The molecular weight excluding hydrogens is 156 g/mol. The first-order valence-electron chi connectivity index (χ1n) is 5.03. The van der Waals surface area contributed by atoms with Crippen LogP contribution in [0.4, 0.5) is 0 Å². The van der Waals surface area contributed by atoms with E-state index in [4.69, 9.17) is 11.6 Å². The summed E-state index contributed by atoms with van der Waals surface area (Å²) in [6.45, 7) is 0. The Morgan fingerprint density at radius 3 is 2.00 bits per heavy atom. The van der Waals surface area contributed by atoms with Gasteiger partial charge >= 0.3 is 0 Å². The van der Waals surface area contributed by atoms with Crippen LogP contribution < -0.4 is 0 Å². The normalized spacial score (nSPS) is 90.8. The lowest BCUT2D eigenvalue weighted by molar-refractivity contribution is -0.169. The lowest BCUT2D eigenvalue weighted by Gasteiger charge is -2.63. The van der Waals surface area contributed by atoms with Crippen LogP contribution in [0.25, 0.3) is 0 Å². The van der Waals surface area contributed by atoms with E-state index in [1.807, 2.05) is 0 Å². The molecule has 6 saturated carbocycles. The third kappa shape index (κ3) is 0.259. The molecule has 1 heteroatoms. The van der Waals surface area contributed by atoms with E-state index in [9.17, 15) is 0 Å². The Hall–Kier alpha value is 0.290. The van der Waals surface area contributed by atoms with E-state index in [1.165, 1.54) is 11.8 Å². The maximum atomic E-state index is 6.44. The fraction of sp³-hybridized carbons (Fsp3) is 1.00. The Morgan fingerprint density at radius 2 is 1.36 bits per heavy atom. The zero-order valence-corrected chi connectivity index (χ0v) is 7.04. The second-order valence-corrected chi connectivity index (χ2v) is 5.98. The summed E-state index contributed by atoms with van der Waals surface area (Å²) in [5, 5.41) is 0.628. The average molecular weight is 167 g/mol. The van der Waals surface area contributed by atoms with Crippen LogP contribution in [0.5, 0.6) is 0 Å². The maximum Gasteiger partial charge on any atom is 0.0403 e. The molecule has 0 amide bonds. The van der Waals surface area contributed by atoms with Gasteiger partial charge in [-0.3, -0.25) is 0 Å². The summed E-state index contributed by atoms with van der Waals surface area (Å²) >= 11 is 6.44. The highest BCUT2D eigenvalue weighted by Crippen LogP contribution is 2.89. The number of halogens is 1. The molecule has 6 aliphatic rings. The predicted molar refractivity (Wildman–Crippen MR) is 42.2 cm³/mol. The largest absolute Gasteiger partial charge is 0.122 e. The molecule has 0 aromatic heterocycles. The minimum atomic E-state index is 0.628. The molecule has 0 nitrogen and oxygen atoms in total. The van der Waals surface area contributed by atoms with Crippen molar-refractivity contribution in [1.29, 1.82) is 0 Å². The summed E-state index contributed by atoms with van der Waals surface area (Å²) in [6, 6.07) is 0. The second-order valence-electron chi connectivity index (χ2n) is 5.47. The van der Waals surface area contributed by atoms with Crippen molar-refractivity contribution in [1.82, 2.24) is 0 Å². The van der Waals surface area contributed by atoms with Crippen LogP contribution in [-0.4, -0.2) is 5.38 Å². The SMILES string of the molecule is Cl[C@@H]1[C@H]2[C@H]3[C@@H]4C[C@@H]5[C@H]3[C@H]2[C@@H]5[C@H]14. The van der Waals surface area contributed by atoms with Gasteiger partial charge in [0, 0.05) is 5.38 Å². The van der Waals surface area contributed by atoms with Crippen molar-refractivity contribution >= 4 is 11.6 Å². The van der Waals surface area contributed by atoms with Crippen LogP contribution in [0.15, 0.2) is 0 Å². The zero-order valence-electron chi connectivity index (χ0n) is 6.28. The molecule has 0 aromatic rings. The summed E-state index contributed by atoms with van der Waals surface area (Å²) in [7, 11) is 0. The van der Waals surface area contributed by atoms with Gasteiger partial charge in [0.2, 0.25) is 0 Å². The van der Waals surface area contributed by atoms with Crippen LogP contribution in [-0.2, 0) is 0 Å². The maximum absolute atomic E-state index is 6.44. The fourth-order valence-corrected chi connectivity index (χ4v) is 6.78. The molecule has 0 N–H and O–H groups in total. The highest BCUT2D eigenvalue weighted by Gasteiger charge is 2.86. The van der Waals surface area contributed by atoms with Crippen molar-refractivity contribution in [3.8, 4) is 0 Å². The lowest BCUT2D eigenvalue weighted by atomic mass is 9.41. The summed E-state index contributed by atoms with van der Waals surface area (Å²) < 4.78 is 0. The first-order chi connectivity index (χ1) is 5.39. The Labute approximate surface area is 71.3 Å². The van der Waals surface area contributed by atoms with Gasteiger partial charge < -0.3 is 0 Å². The second kappa shape index (κ2) is 1.11. The van der Waals surface area contributed by atoms with Gasteiger partial charge in [-0.25, -0.2) is 0 Å². The van der Waals surface area contributed by atoms with Gasteiger partial charge in [-0.05, 0) is 53.8 Å². The molecule has 4 bridgehead atoms. The Morgan fingerprint density at radius 1 is 0.727 bits per heavy atom. The Balaban J connectivity index is 1.88. The van der Waals surface area contributed by atoms with Crippen LogP contribution >= 0.6 is 11.6 Å². The van der Waals surface area contributed by atoms with Gasteiger partial charge in [-0.15, -0.1) is 11.6 Å². The van der Waals surface area contributed by atoms with Gasteiger partial charge in [0.05, 0.1) is 0 Å². The van der Waals surface area contributed by atoms with Gasteiger partial charge in [0.15, 0.2) is 0 Å². The summed E-state index contributed by atoms with van der Waals surface area (Å²) in [4.78, 5) is 0. The lowest BCUT2D eigenvalue weighted by Crippen LogP contribution is -2.60. The van der Waals surface area contributed by atoms with E-state index in [2.05, 4.69) is 0 Å². The minimum absolute atomic E-state index is 0.628. The van der Waals surface area contributed by atoms with E-state index in [0.29, 0.717) is 5.38 Å². The quantitative estimate of drug-likeness (QED) is 0.483. The molecule has 6 rings (SSSR count). The van der Waals surface area contributed by atoms with Crippen molar-refractivity contribution < 1.29 is 0 Å². The van der Waals surface area contributed by atoms with Crippen molar-refractivity contribution in [3.63, 3.8) is 0 Å². The summed E-state index contributed by atoms with van der Waals surface area (Å²) in [6.07, 6.45) is 1.58. The molecule has 0 aromatic carbocycles. The zero-order chi connectivity index (χ0) is 6.90. The molecule has 0 spiro atoms. The molecular formula is C10H11Cl. The molecule has 0 saturated heterocycles. The third-order valence-corrected chi connectivity index (χ3v) is 6.51. The number of hydrogen-bond donors (Lipinski definition) is 0. The van der Waals surface area contributed by atoms with Gasteiger partial charge in [-0.2, -0.15) is 0 Å². The molecule has 0 aliphatic heterocycles. The van der Waals surface area contributed by atoms with Crippen LogP contribution in [0.1, 0.15) is 6.42 Å².